The Hall–Kier alpha value is -0.0800. The van der Waals surface area contributed by atoms with E-state index in [1.165, 1.54) is 64.3 Å². The lowest BCUT2D eigenvalue weighted by atomic mass is 9.95. The first kappa shape index (κ1) is 12.4. The highest BCUT2D eigenvalue weighted by Gasteiger charge is 2.16. The molecule has 1 aliphatic carbocycles. The summed E-state index contributed by atoms with van der Waals surface area (Å²) in [5.74, 6) is 0.874. The van der Waals surface area contributed by atoms with Gasteiger partial charge in [-0.15, -0.1) is 0 Å². The normalized spacial score (nSPS) is 26.2. The summed E-state index contributed by atoms with van der Waals surface area (Å²) in [5.41, 5.74) is 0. The van der Waals surface area contributed by atoms with E-state index in [4.69, 9.17) is 4.74 Å². The first-order valence-electron chi connectivity index (χ1n) is 7.26. The SMILES string of the molecule is C1CCCC(NCC2CCOCC2)CCC1. The van der Waals surface area contributed by atoms with Gasteiger partial charge in [0.2, 0.25) is 0 Å². The van der Waals surface area contributed by atoms with Crippen LogP contribution in [-0.2, 0) is 4.74 Å². The molecule has 0 aromatic rings. The smallest absolute Gasteiger partial charge is 0.0469 e. The highest BCUT2D eigenvalue weighted by atomic mass is 16.5. The highest BCUT2D eigenvalue weighted by molar-refractivity contribution is 4.73. The monoisotopic (exact) mass is 225 g/mol. The Morgan fingerprint density at radius 2 is 1.44 bits per heavy atom. The molecular weight excluding hydrogens is 198 g/mol. The van der Waals surface area contributed by atoms with Crippen LogP contribution >= 0.6 is 0 Å². The second-order valence-electron chi connectivity index (χ2n) is 5.51. The third kappa shape index (κ3) is 4.42. The quantitative estimate of drug-likeness (QED) is 0.797. The van der Waals surface area contributed by atoms with Crippen molar-refractivity contribution in [2.75, 3.05) is 19.8 Å². The van der Waals surface area contributed by atoms with Crippen LogP contribution in [0.3, 0.4) is 0 Å². The second-order valence-corrected chi connectivity index (χ2v) is 5.51. The Labute approximate surface area is 100 Å². The van der Waals surface area contributed by atoms with Crippen molar-refractivity contribution < 1.29 is 4.74 Å². The Balaban J connectivity index is 1.62. The van der Waals surface area contributed by atoms with Crippen LogP contribution in [0, 0.1) is 5.92 Å². The van der Waals surface area contributed by atoms with Crippen LogP contribution in [0.15, 0.2) is 0 Å². The predicted octanol–water partition coefficient (Wildman–Crippen LogP) is 3.12. The zero-order chi connectivity index (χ0) is 11.1. The van der Waals surface area contributed by atoms with Crippen molar-refractivity contribution in [1.29, 1.82) is 0 Å². The van der Waals surface area contributed by atoms with Crippen molar-refractivity contribution in [2.45, 2.75) is 63.8 Å². The molecule has 0 atom stereocenters. The number of hydrogen-bond acceptors (Lipinski definition) is 2. The zero-order valence-electron chi connectivity index (χ0n) is 10.5. The molecule has 2 heteroatoms. The second kappa shape index (κ2) is 7.29. The van der Waals surface area contributed by atoms with Crippen LogP contribution in [0.25, 0.3) is 0 Å². The van der Waals surface area contributed by atoms with Crippen LogP contribution in [0.4, 0.5) is 0 Å². The molecule has 1 saturated heterocycles. The summed E-state index contributed by atoms with van der Waals surface area (Å²) < 4.78 is 5.40. The number of ether oxygens (including phenoxy) is 1. The van der Waals surface area contributed by atoms with E-state index in [1.54, 1.807) is 0 Å². The molecule has 0 radical (unpaired) electrons. The van der Waals surface area contributed by atoms with Gasteiger partial charge in [0.25, 0.3) is 0 Å². The Morgan fingerprint density at radius 3 is 2.12 bits per heavy atom. The van der Waals surface area contributed by atoms with Crippen molar-refractivity contribution in [3.63, 3.8) is 0 Å². The summed E-state index contributed by atoms with van der Waals surface area (Å²) in [6, 6.07) is 0.808. The van der Waals surface area contributed by atoms with E-state index >= 15 is 0 Å². The van der Waals surface area contributed by atoms with E-state index in [9.17, 15) is 0 Å². The van der Waals surface area contributed by atoms with Crippen molar-refractivity contribution in [2.24, 2.45) is 5.92 Å². The van der Waals surface area contributed by atoms with Crippen LogP contribution in [0.2, 0.25) is 0 Å². The Bertz CT molecular complexity index is 170. The fourth-order valence-electron chi connectivity index (χ4n) is 2.94. The fraction of sp³-hybridized carbons (Fsp3) is 1.00. The van der Waals surface area contributed by atoms with E-state index in [1.807, 2.05) is 0 Å². The van der Waals surface area contributed by atoms with Crippen LogP contribution in [0.1, 0.15) is 57.8 Å². The molecular formula is C14H27NO. The summed E-state index contributed by atoms with van der Waals surface area (Å²) in [7, 11) is 0. The van der Waals surface area contributed by atoms with Gasteiger partial charge < -0.3 is 10.1 Å². The van der Waals surface area contributed by atoms with E-state index in [2.05, 4.69) is 5.32 Å². The average molecular weight is 225 g/mol. The molecule has 0 amide bonds. The van der Waals surface area contributed by atoms with Gasteiger partial charge in [0, 0.05) is 19.3 Å². The molecule has 0 spiro atoms. The maximum absolute atomic E-state index is 5.40. The average Bonchev–Trinajstić information content (AvgIpc) is 2.29. The van der Waals surface area contributed by atoms with E-state index in [0.717, 1.165) is 25.2 Å². The fourth-order valence-corrected chi connectivity index (χ4v) is 2.94. The van der Waals surface area contributed by atoms with E-state index < -0.39 is 0 Å². The zero-order valence-corrected chi connectivity index (χ0v) is 10.5. The molecule has 1 aliphatic heterocycles. The molecule has 1 heterocycles. The van der Waals surface area contributed by atoms with Gasteiger partial charge in [-0.25, -0.2) is 0 Å². The van der Waals surface area contributed by atoms with Gasteiger partial charge in [0.15, 0.2) is 0 Å². The molecule has 0 bridgehead atoms. The molecule has 94 valence electrons. The number of nitrogens with one attached hydrogen (secondary N) is 1. The van der Waals surface area contributed by atoms with Gasteiger partial charge in [-0.05, 0) is 38.1 Å². The van der Waals surface area contributed by atoms with Gasteiger partial charge in [-0.1, -0.05) is 32.1 Å². The van der Waals surface area contributed by atoms with Gasteiger partial charge in [0.05, 0.1) is 0 Å². The first-order valence-corrected chi connectivity index (χ1v) is 7.26. The van der Waals surface area contributed by atoms with Crippen molar-refractivity contribution >= 4 is 0 Å². The third-order valence-electron chi connectivity index (χ3n) is 4.14. The van der Waals surface area contributed by atoms with Gasteiger partial charge >= 0.3 is 0 Å². The summed E-state index contributed by atoms with van der Waals surface area (Å²) in [5, 5.41) is 3.80. The molecule has 0 aromatic carbocycles. The summed E-state index contributed by atoms with van der Waals surface area (Å²) in [6.45, 7) is 3.20. The Morgan fingerprint density at radius 1 is 0.812 bits per heavy atom. The lowest BCUT2D eigenvalue weighted by Gasteiger charge is -2.26. The van der Waals surface area contributed by atoms with Crippen LogP contribution in [0.5, 0.6) is 0 Å². The minimum atomic E-state index is 0.808. The molecule has 2 rings (SSSR count). The summed E-state index contributed by atoms with van der Waals surface area (Å²) in [4.78, 5) is 0. The lowest BCUT2D eigenvalue weighted by molar-refractivity contribution is 0.0651. The summed E-state index contributed by atoms with van der Waals surface area (Å²) in [6.07, 6.45) is 12.6. The van der Waals surface area contributed by atoms with Gasteiger partial charge in [0.1, 0.15) is 0 Å². The number of hydrogen-bond donors (Lipinski definition) is 1. The largest absolute Gasteiger partial charge is 0.381 e. The predicted molar refractivity (Wildman–Crippen MR) is 67.7 cm³/mol. The summed E-state index contributed by atoms with van der Waals surface area (Å²) >= 11 is 0. The maximum Gasteiger partial charge on any atom is 0.0469 e. The molecule has 1 N–H and O–H groups in total. The lowest BCUT2D eigenvalue weighted by Crippen LogP contribution is -2.35. The maximum atomic E-state index is 5.40. The topological polar surface area (TPSA) is 21.3 Å². The molecule has 0 unspecified atom stereocenters. The van der Waals surface area contributed by atoms with Crippen molar-refractivity contribution in [3.05, 3.63) is 0 Å². The van der Waals surface area contributed by atoms with Gasteiger partial charge in [-0.3, -0.25) is 0 Å². The molecule has 2 nitrogen and oxygen atoms in total. The minimum Gasteiger partial charge on any atom is -0.381 e. The highest BCUT2D eigenvalue weighted by Crippen LogP contribution is 2.18. The van der Waals surface area contributed by atoms with Crippen LogP contribution in [-0.4, -0.2) is 25.8 Å². The van der Waals surface area contributed by atoms with Crippen LogP contribution < -0.4 is 5.32 Å². The molecule has 0 aromatic heterocycles. The number of rotatable bonds is 3. The Kier molecular flexibility index (Phi) is 5.64. The van der Waals surface area contributed by atoms with Crippen molar-refractivity contribution in [1.82, 2.24) is 5.32 Å². The molecule has 2 fully saturated rings. The third-order valence-corrected chi connectivity index (χ3v) is 4.14. The molecule has 1 saturated carbocycles. The first-order chi connectivity index (χ1) is 7.95. The van der Waals surface area contributed by atoms with Gasteiger partial charge in [-0.2, -0.15) is 0 Å². The molecule has 16 heavy (non-hydrogen) atoms. The van der Waals surface area contributed by atoms with E-state index in [-0.39, 0.29) is 0 Å². The van der Waals surface area contributed by atoms with Crippen molar-refractivity contribution in [3.8, 4) is 0 Å². The molecule has 2 aliphatic rings. The van der Waals surface area contributed by atoms with E-state index in [0.29, 0.717) is 0 Å². The minimum absolute atomic E-state index is 0.808. The standard InChI is InChI=1S/C14H27NO/c1-2-4-6-14(7-5-3-1)15-12-13-8-10-16-11-9-13/h13-15H,1-12H2.